The monoisotopic (exact) mass is 246 g/mol. The Kier molecular flexibility index (Phi) is 3.91. The summed E-state index contributed by atoms with van der Waals surface area (Å²) in [5.74, 6) is 0.628. The molecule has 3 nitrogen and oxygen atoms in total. The van der Waals surface area contributed by atoms with Crippen molar-refractivity contribution in [2.75, 3.05) is 26.3 Å². The molecule has 2 aliphatic heterocycles. The van der Waals surface area contributed by atoms with E-state index in [4.69, 9.17) is 4.74 Å². The first kappa shape index (κ1) is 12.1. The summed E-state index contributed by atoms with van der Waals surface area (Å²) in [6.07, 6.45) is 6.92. The first-order valence-electron chi connectivity index (χ1n) is 7.16. The Morgan fingerprint density at radius 1 is 1.17 bits per heavy atom. The molecule has 2 saturated heterocycles. The Balaban J connectivity index is 1.64. The highest BCUT2D eigenvalue weighted by molar-refractivity contribution is 5.11. The van der Waals surface area contributed by atoms with E-state index in [1.807, 2.05) is 12.3 Å². The molecule has 0 unspecified atom stereocenters. The summed E-state index contributed by atoms with van der Waals surface area (Å²) >= 11 is 0. The Labute approximate surface area is 109 Å². The van der Waals surface area contributed by atoms with Crippen molar-refractivity contribution in [2.45, 2.75) is 37.6 Å². The lowest BCUT2D eigenvalue weighted by atomic mass is 9.92. The molecule has 0 N–H and O–H groups in total. The highest BCUT2D eigenvalue weighted by atomic mass is 16.5. The van der Waals surface area contributed by atoms with Gasteiger partial charge in [-0.3, -0.25) is 9.88 Å². The average Bonchev–Trinajstić information content (AvgIpc) is 2.49. The van der Waals surface area contributed by atoms with Gasteiger partial charge >= 0.3 is 0 Å². The molecule has 2 aliphatic rings. The van der Waals surface area contributed by atoms with Crippen LogP contribution in [0.2, 0.25) is 0 Å². The standard InChI is InChI=1S/C15H22N2O/c1-2-8-16-15(5-1)13-4-3-9-17(12-13)14-6-10-18-11-7-14/h1-2,5,8,13-14H,3-4,6-7,9-12H2/t13-/m1/s1. The zero-order valence-electron chi connectivity index (χ0n) is 10.9. The van der Waals surface area contributed by atoms with Gasteiger partial charge in [-0.15, -0.1) is 0 Å². The average molecular weight is 246 g/mol. The maximum absolute atomic E-state index is 5.46. The number of ether oxygens (including phenoxy) is 1. The summed E-state index contributed by atoms with van der Waals surface area (Å²) in [6.45, 7) is 4.32. The molecule has 0 saturated carbocycles. The molecule has 0 spiro atoms. The van der Waals surface area contributed by atoms with E-state index in [0.29, 0.717) is 5.92 Å². The fraction of sp³-hybridized carbons (Fsp3) is 0.667. The number of likely N-dealkylation sites (tertiary alicyclic amines) is 1. The van der Waals surface area contributed by atoms with Crippen LogP contribution in [-0.4, -0.2) is 42.2 Å². The molecular formula is C15H22N2O. The number of hydrogen-bond acceptors (Lipinski definition) is 3. The van der Waals surface area contributed by atoms with Crippen LogP contribution in [0, 0.1) is 0 Å². The van der Waals surface area contributed by atoms with E-state index < -0.39 is 0 Å². The largest absolute Gasteiger partial charge is 0.381 e. The van der Waals surface area contributed by atoms with E-state index >= 15 is 0 Å². The molecule has 3 heteroatoms. The van der Waals surface area contributed by atoms with E-state index in [1.54, 1.807) is 0 Å². The zero-order chi connectivity index (χ0) is 12.2. The lowest BCUT2D eigenvalue weighted by Gasteiger charge is -2.39. The maximum Gasteiger partial charge on any atom is 0.0480 e. The molecule has 0 bridgehead atoms. The van der Waals surface area contributed by atoms with Crippen LogP contribution in [0.4, 0.5) is 0 Å². The van der Waals surface area contributed by atoms with Gasteiger partial charge in [0.2, 0.25) is 0 Å². The third-order valence-corrected chi connectivity index (χ3v) is 4.27. The molecule has 3 rings (SSSR count). The van der Waals surface area contributed by atoms with Crippen molar-refractivity contribution in [1.29, 1.82) is 0 Å². The molecule has 18 heavy (non-hydrogen) atoms. The Morgan fingerprint density at radius 2 is 2.06 bits per heavy atom. The minimum Gasteiger partial charge on any atom is -0.381 e. The SMILES string of the molecule is c1ccc([C@@H]2CCCN(C3CCOCC3)C2)nc1. The van der Waals surface area contributed by atoms with Crippen LogP contribution < -0.4 is 0 Å². The molecule has 2 fully saturated rings. The summed E-state index contributed by atoms with van der Waals surface area (Å²) < 4.78 is 5.46. The zero-order valence-corrected chi connectivity index (χ0v) is 10.9. The molecule has 0 amide bonds. The predicted molar refractivity (Wildman–Crippen MR) is 71.6 cm³/mol. The topological polar surface area (TPSA) is 25.4 Å². The van der Waals surface area contributed by atoms with Crippen LogP contribution in [0.5, 0.6) is 0 Å². The van der Waals surface area contributed by atoms with E-state index in [-0.39, 0.29) is 0 Å². The van der Waals surface area contributed by atoms with Crippen LogP contribution in [0.1, 0.15) is 37.3 Å². The van der Waals surface area contributed by atoms with Crippen molar-refractivity contribution in [2.24, 2.45) is 0 Å². The summed E-state index contributed by atoms with van der Waals surface area (Å²) in [5, 5.41) is 0. The van der Waals surface area contributed by atoms with Gasteiger partial charge in [0.05, 0.1) is 0 Å². The fourth-order valence-electron chi connectivity index (χ4n) is 3.25. The van der Waals surface area contributed by atoms with Gasteiger partial charge in [0, 0.05) is 43.6 Å². The second-order valence-electron chi connectivity index (χ2n) is 5.43. The van der Waals surface area contributed by atoms with Crippen molar-refractivity contribution in [3.8, 4) is 0 Å². The number of rotatable bonds is 2. The summed E-state index contributed by atoms with van der Waals surface area (Å²) in [6, 6.07) is 7.03. The minimum atomic E-state index is 0.628. The number of hydrogen-bond donors (Lipinski definition) is 0. The van der Waals surface area contributed by atoms with E-state index in [2.05, 4.69) is 22.0 Å². The first-order chi connectivity index (χ1) is 8.93. The first-order valence-corrected chi connectivity index (χ1v) is 7.16. The normalized spacial score (nSPS) is 27.2. The summed E-state index contributed by atoms with van der Waals surface area (Å²) in [7, 11) is 0. The highest BCUT2D eigenvalue weighted by Gasteiger charge is 2.28. The van der Waals surface area contributed by atoms with Gasteiger partial charge < -0.3 is 4.74 Å². The van der Waals surface area contributed by atoms with E-state index in [0.717, 1.165) is 19.3 Å². The van der Waals surface area contributed by atoms with Crippen LogP contribution >= 0.6 is 0 Å². The van der Waals surface area contributed by atoms with Crippen molar-refractivity contribution in [1.82, 2.24) is 9.88 Å². The molecule has 1 aromatic heterocycles. The van der Waals surface area contributed by atoms with Gasteiger partial charge in [-0.1, -0.05) is 6.07 Å². The van der Waals surface area contributed by atoms with E-state index in [9.17, 15) is 0 Å². The summed E-state index contributed by atoms with van der Waals surface area (Å²) in [5.41, 5.74) is 1.27. The second kappa shape index (κ2) is 5.81. The van der Waals surface area contributed by atoms with Gasteiger partial charge in [0.15, 0.2) is 0 Å². The molecular weight excluding hydrogens is 224 g/mol. The van der Waals surface area contributed by atoms with Gasteiger partial charge in [-0.2, -0.15) is 0 Å². The smallest absolute Gasteiger partial charge is 0.0480 e. The predicted octanol–water partition coefficient (Wildman–Crippen LogP) is 2.44. The Morgan fingerprint density at radius 3 is 2.83 bits per heavy atom. The molecule has 0 aliphatic carbocycles. The van der Waals surface area contributed by atoms with E-state index in [1.165, 1.54) is 44.5 Å². The van der Waals surface area contributed by atoms with Crippen molar-refractivity contribution < 1.29 is 4.74 Å². The molecule has 3 heterocycles. The molecule has 98 valence electrons. The van der Waals surface area contributed by atoms with Gasteiger partial charge in [0.25, 0.3) is 0 Å². The van der Waals surface area contributed by atoms with Crippen LogP contribution in [0.15, 0.2) is 24.4 Å². The van der Waals surface area contributed by atoms with Crippen molar-refractivity contribution >= 4 is 0 Å². The fourth-order valence-corrected chi connectivity index (χ4v) is 3.25. The second-order valence-corrected chi connectivity index (χ2v) is 5.43. The minimum absolute atomic E-state index is 0.628. The van der Waals surface area contributed by atoms with Crippen LogP contribution in [-0.2, 0) is 4.74 Å². The number of aromatic nitrogens is 1. The third kappa shape index (κ3) is 2.73. The lowest BCUT2D eigenvalue weighted by molar-refractivity contribution is 0.0237. The molecule has 0 radical (unpaired) electrons. The van der Waals surface area contributed by atoms with Crippen molar-refractivity contribution in [3.05, 3.63) is 30.1 Å². The van der Waals surface area contributed by atoms with Crippen molar-refractivity contribution in [3.63, 3.8) is 0 Å². The summed E-state index contributed by atoms with van der Waals surface area (Å²) in [4.78, 5) is 7.20. The van der Waals surface area contributed by atoms with Gasteiger partial charge in [-0.25, -0.2) is 0 Å². The number of pyridine rings is 1. The molecule has 1 aromatic rings. The highest BCUT2D eigenvalue weighted by Crippen LogP contribution is 2.28. The van der Waals surface area contributed by atoms with Gasteiger partial charge in [-0.05, 0) is 44.4 Å². The maximum atomic E-state index is 5.46. The van der Waals surface area contributed by atoms with Crippen LogP contribution in [0.25, 0.3) is 0 Å². The quantitative estimate of drug-likeness (QED) is 0.801. The lowest BCUT2D eigenvalue weighted by Crippen LogP contribution is -2.44. The number of nitrogens with zero attached hydrogens (tertiary/aromatic N) is 2. The van der Waals surface area contributed by atoms with Gasteiger partial charge in [0.1, 0.15) is 0 Å². The molecule has 0 aromatic carbocycles. The Hall–Kier alpha value is -0.930. The third-order valence-electron chi connectivity index (χ3n) is 4.27. The Bertz CT molecular complexity index is 362. The van der Waals surface area contributed by atoms with Crippen LogP contribution in [0.3, 0.4) is 0 Å². The molecule has 1 atom stereocenters. The number of piperidine rings is 1.